The van der Waals surface area contributed by atoms with Gasteiger partial charge in [0.15, 0.2) is 0 Å². The molecule has 0 fully saturated rings. The summed E-state index contributed by atoms with van der Waals surface area (Å²) in [5, 5.41) is 3.51. The van der Waals surface area contributed by atoms with E-state index < -0.39 is 0 Å². The van der Waals surface area contributed by atoms with Gasteiger partial charge in [0.25, 0.3) is 0 Å². The number of hydrogen-bond donors (Lipinski definition) is 1. The summed E-state index contributed by atoms with van der Waals surface area (Å²) >= 11 is 0. The second-order valence-electron chi connectivity index (χ2n) is 5.65. The maximum atomic E-state index is 3.83. The predicted molar refractivity (Wildman–Crippen MR) is 73.8 cm³/mol. The second kappa shape index (κ2) is 7.86. The van der Waals surface area contributed by atoms with E-state index in [2.05, 4.69) is 51.4 Å². The first-order valence-electron chi connectivity index (χ1n) is 6.48. The minimum Gasteiger partial charge on any atom is -0.316 e. The van der Waals surface area contributed by atoms with Crippen molar-refractivity contribution in [1.29, 1.82) is 0 Å². The van der Waals surface area contributed by atoms with E-state index in [0.717, 1.165) is 26.2 Å². The van der Waals surface area contributed by atoms with Crippen LogP contribution >= 0.6 is 0 Å². The summed E-state index contributed by atoms with van der Waals surface area (Å²) < 4.78 is 0. The van der Waals surface area contributed by atoms with Gasteiger partial charge in [-0.05, 0) is 32.2 Å². The normalized spacial score (nSPS) is 12.4. The maximum absolute atomic E-state index is 3.83. The van der Waals surface area contributed by atoms with Gasteiger partial charge in [0, 0.05) is 25.7 Å². The van der Waals surface area contributed by atoms with Gasteiger partial charge in [0.2, 0.25) is 0 Å². The first-order valence-corrected chi connectivity index (χ1v) is 6.48. The molecule has 0 unspecified atom stereocenters. The number of nitrogens with one attached hydrogen (secondary N) is 1. The van der Waals surface area contributed by atoms with Gasteiger partial charge in [-0.15, -0.1) is 6.58 Å². The Balaban J connectivity index is 4.12. The van der Waals surface area contributed by atoms with Crippen LogP contribution in [0.5, 0.6) is 0 Å². The zero-order valence-electron chi connectivity index (χ0n) is 11.8. The van der Waals surface area contributed by atoms with Crippen molar-refractivity contribution in [3.05, 3.63) is 12.7 Å². The van der Waals surface area contributed by atoms with Crippen molar-refractivity contribution >= 4 is 0 Å². The van der Waals surface area contributed by atoms with E-state index in [1.54, 1.807) is 0 Å². The van der Waals surface area contributed by atoms with Crippen LogP contribution in [0.2, 0.25) is 0 Å². The molecule has 0 heterocycles. The highest BCUT2D eigenvalue weighted by Gasteiger charge is 2.22. The Labute approximate surface area is 102 Å². The van der Waals surface area contributed by atoms with Crippen molar-refractivity contribution in [2.75, 3.05) is 26.2 Å². The molecule has 2 nitrogen and oxygen atoms in total. The van der Waals surface area contributed by atoms with Gasteiger partial charge in [0.1, 0.15) is 0 Å². The van der Waals surface area contributed by atoms with E-state index in [-0.39, 0.29) is 0 Å². The zero-order valence-corrected chi connectivity index (χ0v) is 11.8. The fourth-order valence-electron chi connectivity index (χ4n) is 1.83. The summed E-state index contributed by atoms with van der Waals surface area (Å²) in [6.07, 6.45) is 3.20. The molecule has 0 aliphatic rings. The monoisotopic (exact) mass is 226 g/mol. The van der Waals surface area contributed by atoms with Gasteiger partial charge in [-0.3, -0.25) is 4.90 Å². The molecule has 0 saturated carbocycles. The van der Waals surface area contributed by atoms with Crippen molar-refractivity contribution in [1.82, 2.24) is 10.2 Å². The maximum Gasteiger partial charge on any atom is 0.0163 e. The first kappa shape index (κ1) is 15.7. The van der Waals surface area contributed by atoms with Crippen molar-refractivity contribution in [3.63, 3.8) is 0 Å². The van der Waals surface area contributed by atoms with Crippen LogP contribution in [0.15, 0.2) is 12.7 Å². The Morgan fingerprint density at radius 3 is 2.44 bits per heavy atom. The molecular weight excluding hydrogens is 196 g/mol. The van der Waals surface area contributed by atoms with Gasteiger partial charge in [-0.1, -0.05) is 26.8 Å². The van der Waals surface area contributed by atoms with Gasteiger partial charge < -0.3 is 5.32 Å². The Hall–Kier alpha value is -0.340. The van der Waals surface area contributed by atoms with Crippen LogP contribution in [0.25, 0.3) is 0 Å². The minimum atomic E-state index is 0.322. The van der Waals surface area contributed by atoms with Crippen LogP contribution in [0, 0.1) is 5.41 Å². The van der Waals surface area contributed by atoms with Crippen LogP contribution in [-0.2, 0) is 0 Å². The molecular formula is C14H30N2. The van der Waals surface area contributed by atoms with Crippen LogP contribution in [0.1, 0.15) is 41.0 Å². The molecule has 0 rings (SSSR count). The smallest absolute Gasteiger partial charge is 0.0163 e. The van der Waals surface area contributed by atoms with Crippen LogP contribution in [-0.4, -0.2) is 37.1 Å². The highest BCUT2D eigenvalue weighted by atomic mass is 15.1. The quantitative estimate of drug-likeness (QED) is 0.480. The summed E-state index contributed by atoms with van der Waals surface area (Å²) in [6.45, 7) is 19.5. The first-order chi connectivity index (χ1) is 7.43. The van der Waals surface area contributed by atoms with E-state index in [9.17, 15) is 0 Å². The largest absolute Gasteiger partial charge is 0.316 e. The Morgan fingerprint density at radius 2 is 2.00 bits per heavy atom. The van der Waals surface area contributed by atoms with E-state index in [1.807, 2.05) is 6.08 Å². The summed E-state index contributed by atoms with van der Waals surface area (Å²) in [4.78, 5) is 2.47. The van der Waals surface area contributed by atoms with E-state index in [4.69, 9.17) is 0 Å². The lowest BCUT2D eigenvalue weighted by Gasteiger charge is -2.34. The number of nitrogens with zero attached hydrogens (tertiary/aromatic N) is 1. The van der Waals surface area contributed by atoms with Gasteiger partial charge in [-0.2, -0.15) is 0 Å². The molecule has 0 bridgehead atoms. The van der Waals surface area contributed by atoms with Crippen LogP contribution in [0.4, 0.5) is 0 Å². The standard InChI is InChI=1S/C14H30N2/c1-7-9-15-11-14(5,6)12-16(10-8-2)13(3)4/h8,13,15H,2,7,9-12H2,1,3-6H3. The highest BCUT2D eigenvalue weighted by molar-refractivity contribution is 4.82. The lowest BCUT2D eigenvalue weighted by molar-refractivity contribution is 0.157. The molecule has 0 aliphatic carbocycles. The van der Waals surface area contributed by atoms with E-state index >= 15 is 0 Å². The van der Waals surface area contributed by atoms with Gasteiger partial charge in [0.05, 0.1) is 0 Å². The van der Waals surface area contributed by atoms with E-state index in [1.165, 1.54) is 6.42 Å². The molecule has 1 N–H and O–H groups in total. The van der Waals surface area contributed by atoms with Crippen molar-refractivity contribution in [3.8, 4) is 0 Å². The Morgan fingerprint density at radius 1 is 1.38 bits per heavy atom. The molecule has 0 aromatic heterocycles. The fraction of sp³-hybridized carbons (Fsp3) is 0.857. The van der Waals surface area contributed by atoms with Gasteiger partial charge in [-0.25, -0.2) is 0 Å². The van der Waals surface area contributed by atoms with Crippen molar-refractivity contribution in [2.45, 2.75) is 47.1 Å². The van der Waals surface area contributed by atoms with Crippen molar-refractivity contribution < 1.29 is 0 Å². The summed E-state index contributed by atoms with van der Waals surface area (Å²) in [5.74, 6) is 0. The van der Waals surface area contributed by atoms with Crippen LogP contribution < -0.4 is 5.32 Å². The molecule has 0 spiro atoms. The molecule has 0 atom stereocenters. The third kappa shape index (κ3) is 7.02. The molecule has 96 valence electrons. The van der Waals surface area contributed by atoms with Crippen molar-refractivity contribution in [2.24, 2.45) is 5.41 Å². The van der Waals surface area contributed by atoms with Gasteiger partial charge >= 0.3 is 0 Å². The molecule has 0 aromatic rings. The Bertz CT molecular complexity index is 185. The summed E-state index contributed by atoms with van der Waals surface area (Å²) in [7, 11) is 0. The highest BCUT2D eigenvalue weighted by Crippen LogP contribution is 2.17. The number of hydrogen-bond acceptors (Lipinski definition) is 2. The summed E-state index contributed by atoms with van der Waals surface area (Å²) in [5.41, 5.74) is 0.322. The number of rotatable bonds is 9. The molecule has 0 saturated heterocycles. The molecule has 0 aromatic carbocycles. The second-order valence-corrected chi connectivity index (χ2v) is 5.65. The third-order valence-electron chi connectivity index (χ3n) is 2.76. The third-order valence-corrected chi connectivity index (χ3v) is 2.76. The average molecular weight is 226 g/mol. The lowest BCUT2D eigenvalue weighted by Crippen LogP contribution is -2.43. The lowest BCUT2D eigenvalue weighted by atomic mass is 9.92. The minimum absolute atomic E-state index is 0.322. The van der Waals surface area contributed by atoms with E-state index in [0.29, 0.717) is 11.5 Å². The Kier molecular flexibility index (Phi) is 7.69. The zero-order chi connectivity index (χ0) is 12.6. The molecule has 0 aliphatic heterocycles. The molecule has 0 radical (unpaired) electrons. The average Bonchev–Trinajstić information content (AvgIpc) is 2.17. The fourth-order valence-corrected chi connectivity index (χ4v) is 1.83. The topological polar surface area (TPSA) is 15.3 Å². The molecule has 16 heavy (non-hydrogen) atoms. The summed E-state index contributed by atoms with van der Waals surface area (Å²) in [6, 6.07) is 0.587. The molecule has 2 heteroatoms. The van der Waals surface area contributed by atoms with Crippen LogP contribution in [0.3, 0.4) is 0 Å². The predicted octanol–water partition coefficient (Wildman–Crippen LogP) is 2.91. The SMILES string of the molecule is C=CCN(CC(C)(C)CNCCC)C(C)C. The molecule has 0 amide bonds.